The summed E-state index contributed by atoms with van der Waals surface area (Å²) in [5.74, 6) is -2.15. The standard InChI is InChI=1S/C6H4F2O2S.Na.H/c7-5-2-1-4(11(9)10)3-6(5)8;;/h1-3H,(H,9,10);;/q;+1;-1. The Hall–Kier alpha value is 0.190. The molecule has 1 N–H and O–H groups in total. The zero-order valence-electron chi connectivity index (χ0n) is 7.25. The first kappa shape index (κ1) is 12.2. The molecule has 1 aromatic rings. The van der Waals surface area contributed by atoms with Crippen LogP contribution >= 0.6 is 0 Å². The van der Waals surface area contributed by atoms with Crippen LogP contribution < -0.4 is 29.6 Å². The van der Waals surface area contributed by atoms with Crippen LogP contribution in [-0.4, -0.2) is 8.76 Å². The maximum atomic E-state index is 12.3. The van der Waals surface area contributed by atoms with Crippen LogP contribution in [0.1, 0.15) is 1.43 Å². The fourth-order valence-corrected chi connectivity index (χ4v) is 0.974. The topological polar surface area (TPSA) is 37.3 Å². The first-order valence-corrected chi connectivity index (χ1v) is 3.78. The van der Waals surface area contributed by atoms with Gasteiger partial charge in [-0.2, -0.15) is 0 Å². The predicted molar refractivity (Wildman–Crippen MR) is 36.5 cm³/mol. The second-order valence-electron chi connectivity index (χ2n) is 1.83. The Labute approximate surface area is 94.0 Å². The van der Waals surface area contributed by atoms with Crippen LogP contribution in [0.5, 0.6) is 0 Å². The SMILES string of the molecule is O=S(O)c1ccc(F)c(F)c1.[H-].[Na+]. The summed E-state index contributed by atoms with van der Waals surface area (Å²) in [5, 5.41) is 0. The summed E-state index contributed by atoms with van der Waals surface area (Å²) in [4.78, 5) is -0.149. The molecule has 1 unspecified atom stereocenters. The molecule has 0 aliphatic rings. The Bertz CT molecular complexity index is 311. The van der Waals surface area contributed by atoms with E-state index in [-0.39, 0.29) is 35.9 Å². The monoisotopic (exact) mass is 202 g/mol. The average Bonchev–Trinajstić information content (AvgIpc) is 1.94. The van der Waals surface area contributed by atoms with Crippen LogP contribution in [-0.2, 0) is 11.1 Å². The van der Waals surface area contributed by atoms with Gasteiger partial charge in [0.15, 0.2) is 22.7 Å². The molecule has 2 nitrogen and oxygen atoms in total. The van der Waals surface area contributed by atoms with Crippen LogP contribution in [0, 0.1) is 11.6 Å². The largest absolute Gasteiger partial charge is 1.00 e. The van der Waals surface area contributed by atoms with Crippen molar-refractivity contribution in [1.82, 2.24) is 0 Å². The molecule has 0 amide bonds. The van der Waals surface area contributed by atoms with Crippen molar-refractivity contribution in [3.63, 3.8) is 0 Å². The van der Waals surface area contributed by atoms with Gasteiger partial charge < -0.3 is 5.98 Å². The van der Waals surface area contributed by atoms with Gasteiger partial charge in [0, 0.05) is 0 Å². The summed E-state index contributed by atoms with van der Waals surface area (Å²) in [6, 6.07) is 2.54. The fraction of sp³-hybridized carbons (Fsp3) is 0. The number of hydrogen-bond donors (Lipinski definition) is 1. The molecule has 0 spiro atoms. The van der Waals surface area contributed by atoms with Crippen molar-refractivity contribution < 1.29 is 48.5 Å². The summed E-state index contributed by atoms with van der Waals surface area (Å²) in [6.45, 7) is 0. The molecule has 0 saturated heterocycles. The average molecular weight is 202 g/mol. The summed E-state index contributed by atoms with van der Waals surface area (Å²) >= 11 is -2.25. The molecule has 0 fully saturated rings. The van der Waals surface area contributed by atoms with Gasteiger partial charge in [0.1, 0.15) is 0 Å². The fourth-order valence-electron chi connectivity index (χ4n) is 0.585. The first-order valence-electron chi connectivity index (χ1n) is 2.67. The number of hydrogen-bond acceptors (Lipinski definition) is 1. The minimum atomic E-state index is -2.25. The molecule has 0 aliphatic heterocycles. The Morgan fingerprint density at radius 2 is 1.92 bits per heavy atom. The summed E-state index contributed by atoms with van der Waals surface area (Å²) in [5.41, 5.74) is 0. The molecule has 0 radical (unpaired) electrons. The molecular weight excluding hydrogens is 197 g/mol. The van der Waals surface area contributed by atoms with E-state index >= 15 is 0 Å². The zero-order chi connectivity index (χ0) is 8.43. The van der Waals surface area contributed by atoms with E-state index in [1.165, 1.54) is 0 Å². The summed E-state index contributed by atoms with van der Waals surface area (Å²) < 4.78 is 43.2. The quantitative estimate of drug-likeness (QED) is 0.452. The molecule has 1 atom stereocenters. The molecule has 0 bridgehead atoms. The van der Waals surface area contributed by atoms with E-state index in [9.17, 15) is 13.0 Å². The molecule has 6 heteroatoms. The molecule has 0 aliphatic carbocycles. The van der Waals surface area contributed by atoms with Crippen molar-refractivity contribution in [1.29, 1.82) is 0 Å². The smallest absolute Gasteiger partial charge is 1.00 e. The molecule has 1 aromatic carbocycles. The second kappa shape index (κ2) is 5.04. The van der Waals surface area contributed by atoms with Gasteiger partial charge in [0.25, 0.3) is 0 Å². The van der Waals surface area contributed by atoms with Crippen LogP contribution in [0.3, 0.4) is 0 Å². The van der Waals surface area contributed by atoms with E-state index in [0.29, 0.717) is 6.07 Å². The summed E-state index contributed by atoms with van der Waals surface area (Å²) in [7, 11) is 0. The number of halogens is 2. The third kappa shape index (κ3) is 2.91. The van der Waals surface area contributed by atoms with Crippen molar-refractivity contribution >= 4 is 11.1 Å². The van der Waals surface area contributed by atoms with Crippen LogP contribution in [0.2, 0.25) is 0 Å². The molecule has 0 aromatic heterocycles. The van der Waals surface area contributed by atoms with Crippen molar-refractivity contribution in [2.24, 2.45) is 0 Å². The maximum absolute atomic E-state index is 12.3. The van der Waals surface area contributed by atoms with Gasteiger partial charge in [0.05, 0.1) is 4.90 Å². The minimum absolute atomic E-state index is 0. The second-order valence-corrected chi connectivity index (χ2v) is 2.79. The van der Waals surface area contributed by atoms with Crippen molar-refractivity contribution in [2.45, 2.75) is 4.90 Å². The van der Waals surface area contributed by atoms with Gasteiger partial charge in [-0.25, -0.2) is 13.0 Å². The first-order chi connectivity index (χ1) is 5.11. The third-order valence-electron chi connectivity index (χ3n) is 1.09. The van der Waals surface area contributed by atoms with Gasteiger partial charge in [-0.1, -0.05) is 0 Å². The van der Waals surface area contributed by atoms with E-state index in [4.69, 9.17) is 4.55 Å². The predicted octanol–water partition coefficient (Wildman–Crippen LogP) is -1.34. The van der Waals surface area contributed by atoms with Crippen LogP contribution in [0.4, 0.5) is 8.78 Å². The van der Waals surface area contributed by atoms with E-state index < -0.39 is 22.7 Å². The van der Waals surface area contributed by atoms with Crippen molar-refractivity contribution in [3.8, 4) is 0 Å². The van der Waals surface area contributed by atoms with Crippen LogP contribution in [0.25, 0.3) is 0 Å². The number of benzene rings is 1. The van der Waals surface area contributed by atoms with Crippen molar-refractivity contribution in [2.75, 3.05) is 0 Å². The Kier molecular flexibility index (Phi) is 5.12. The zero-order valence-corrected chi connectivity index (χ0v) is 9.07. The van der Waals surface area contributed by atoms with E-state index in [0.717, 1.165) is 12.1 Å². The molecule has 12 heavy (non-hydrogen) atoms. The van der Waals surface area contributed by atoms with Crippen molar-refractivity contribution in [3.05, 3.63) is 29.8 Å². The Morgan fingerprint density at radius 3 is 2.33 bits per heavy atom. The molecular formula is C6H5F2NaO2S. The van der Waals surface area contributed by atoms with Gasteiger partial charge in [-0.15, -0.1) is 0 Å². The summed E-state index contributed by atoms with van der Waals surface area (Å²) in [6.07, 6.45) is 0. The molecule has 0 heterocycles. The van der Waals surface area contributed by atoms with Gasteiger partial charge in [-0.05, 0) is 18.2 Å². The normalized spacial score (nSPS) is 11.9. The van der Waals surface area contributed by atoms with Gasteiger partial charge >= 0.3 is 29.6 Å². The third-order valence-corrected chi connectivity index (χ3v) is 1.75. The Balaban J connectivity index is 0. The van der Waals surface area contributed by atoms with Gasteiger partial charge in [0.2, 0.25) is 0 Å². The maximum Gasteiger partial charge on any atom is 1.00 e. The minimum Gasteiger partial charge on any atom is -1.00 e. The van der Waals surface area contributed by atoms with Gasteiger partial charge in [-0.3, -0.25) is 0 Å². The molecule has 62 valence electrons. The molecule has 0 saturated carbocycles. The molecule has 1 rings (SSSR count). The Morgan fingerprint density at radius 1 is 1.33 bits per heavy atom. The number of rotatable bonds is 1. The van der Waals surface area contributed by atoms with E-state index in [1.807, 2.05) is 0 Å². The van der Waals surface area contributed by atoms with E-state index in [2.05, 4.69) is 0 Å². The van der Waals surface area contributed by atoms with Crippen LogP contribution in [0.15, 0.2) is 23.1 Å². The van der Waals surface area contributed by atoms with E-state index in [1.54, 1.807) is 0 Å².